The van der Waals surface area contributed by atoms with Crippen LogP contribution in [-0.4, -0.2) is 33.8 Å². The van der Waals surface area contributed by atoms with E-state index in [1.807, 2.05) is 34.7 Å². The third-order valence-electron chi connectivity index (χ3n) is 5.33. The standard InChI is InChI=1S/C22H21N3O3S2/c1-15-10-13-29-20(15)6-7-21(26)24-11-8-16(9-12-24)22-23-18(14-30-22)17-4-2-3-5-19(17)25(27)28/h2-7,10,13-14,16H,8-9,11-12H2,1H3/b7-6+. The fraction of sp³-hybridized carbons (Fsp3) is 0.273. The lowest BCUT2D eigenvalue weighted by atomic mass is 9.97. The predicted molar refractivity (Wildman–Crippen MR) is 121 cm³/mol. The van der Waals surface area contributed by atoms with Crippen LogP contribution >= 0.6 is 22.7 Å². The molecule has 1 aliphatic rings. The van der Waals surface area contributed by atoms with Gasteiger partial charge in [0.1, 0.15) is 0 Å². The highest BCUT2D eigenvalue weighted by molar-refractivity contribution is 7.11. The minimum Gasteiger partial charge on any atom is -0.339 e. The van der Waals surface area contributed by atoms with Crippen LogP contribution in [0.25, 0.3) is 17.3 Å². The number of aromatic nitrogens is 1. The predicted octanol–water partition coefficient (Wildman–Crippen LogP) is 5.51. The van der Waals surface area contributed by atoms with Gasteiger partial charge in [0.05, 0.1) is 21.2 Å². The van der Waals surface area contributed by atoms with Crippen molar-refractivity contribution in [3.8, 4) is 11.3 Å². The van der Waals surface area contributed by atoms with Crippen LogP contribution in [0.2, 0.25) is 0 Å². The molecule has 0 atom stereocenters. The van der Waals surface area contributed by atoms with Crippen molar-refractivity contribution in [2.75, 3.05) is 13.1 Å². The van der Waals surface area contributed by atoms with Crippen LogP contribution < -0.4 is 0 Å². The summed E-state index contributed by atoms with van der Waals surface area (Å²) in [6.07, 6.45) is 5.26. The van der Waals surface area contributed by atoms with Crippen molar-refractivity contribution in [1.82, 2.24) is 9.88 Å². The number of hydrogen-bond acceptors (Lipinski definition) is 6. The van der Waals surface area contributed by atoms with Gasteiger partial charge in [-0.1, -0.05) is 12.1 Å². The first-order chi connectivity index (χ1) is 14.5. The molecule has 8 heteroatoms. The Morgan fingerprint density at radius 3 is 2.70 bits per heavy atom. The molecule has 3 aromatic rings. The van der Waals surface area contributed by atoms with Crippen molar-refractivity contribution >= 4 is 40.3 Å². The number of amides is 1. The average Bonchev–Trinajstić information content (AvgIpc) is 3.41. The molecule has 1 amide bonds. The molecule has 0 spiro atoms. The monoisotopic (exact) mass is 439 g/mol. The van der Waals surface area contributed by atoms with E-state index >= 15 is 0 Å². The molecule has 30 heavy (non-hydrogen) atoms. The SMILES string of the molecule is Cc1ccsc1/C=C/C(=O)N1CCC(c2nc(-c3ccccc3[N+](=O)[O-])cs2)CC1. The summed E-state index contributed by atoms with van der Waals surface area (Å²) in [5.41, 5.74) is 2.45. The fourth-order valence-electron chi connectivity index (χ4n) is 3.60. The molecule has 1 aromatic carbocycles. The minimum absolute atomic E-state index is 0.0426. The van der Waals surface area contributed by atoms with Gasteiger partial charge in [-0.05, 0) is 48.9 Å². The second-order valence-corrected chi connectivity index (χ2v) is 9.08. The van der Waals surface area contributed by atoms with Crippen LogP contribution in [0.3, 0.4) is 0 Å². The van der Waals surface area contributed by atoms with E-state index in [0.29, 0.717) is 24.3 Å². The zero-order chi connectivity index (χ0) is 21.1. The van der Waals surface area contributed by atoms with Gasteiger partial charge >= 0.3 is 0 Å². The second-order valence-electron chi connectivity index (χ2n) is 7.25. The van der Waals surface area contributed by atoms with Gasteiger partial charge in [0.15, 0.2) is 0 Å². The molecule has 1 aliphatic heterocycles. The van der Waals surface area contributed by atoms with E-state index in [0.717, 1.165) is 22.7 Å². The number of carbonyl (C=O) groups is 1. The van der Waals surface area contributed by atoms with Gasteiger partial charge in [0.2, 0.25) is 5.91 Å². The third-order valence-corrected chi connectivity index (χ3v) is 7.32. The summed E-state index contributed by atoms with van der Waals surface area (Å²) in [5.74, 6) is 0.320. The number of carbonyl (C=O) groups excluding carboxylic acids is 1. The molecule has 0 saturated carbocycles. The minimum atomic E-state index is -0.371. The highest BCUT2D eigenvalue weighted by Crippen LogP contribution is 2.35. The topological polar surface area (TPSA) is 76.3 Å². The normalized spacial score (nSPS) is 15.0. The van der Waals surface area contributed by atoms with Crippen molar-refractivity contribution in [3.63, 3.8) is 0 Å². The highest BCUT2D eigenvalue weighted by atomic mass is 32.1. The molecular weight excluding hydrogens is 418 g/mol. The molecule has 0 radical (unpaired) electrons. The van der Waals surface area contributed by atoms with Gasteiger partial charge in [0, 0.05) is 41.4 Å². The maximum atomic E-state index is 12.5. The van der Waals surface area contributed by atoms with Crippen molar-refractivity contribution in [1.29, 1.82) is 0 Å². The van der Waals surface area contributed by atoms with Gasteiger partial charge in [-0.25, -0.2) is 4.98 Å². The Kier molecular flexibility index (Phi) is 6.06. The number of thiazole rings is 1. The van der Waals surface area contributed by atoms with Gasteiger partial charge in [0.25, 0.3) is 5.69 Å². The number of thiophene rings is 1. The Hall–Kier alpha value is -2.84. The number of nitrogens with zero attached hydrogens (tertiary/aromatic N) is 3. The molecule has 1 saturated heterocycles. The van der Waals surface area contributed by atoms with Crippen LogP contribution in [0.15, 0.2) is 47.2 Å². The van der Waals surface area contributed by atoms with E-state index in [9.17, 15) is 14.9 Å². The molecule has 2 aromatic heterocycles. The van der Waals surface area contributed by atoms with Crippen LogP contribution in [0.5, 0.6) is 0 Å². The zero-order valence-electron chi connectivity index (χ0n) is 16.5. The van der Waals surface area contributed by atoms with E-state index in [2.05, 4.69) is 0 Å². The first-order valence-corrected chi connectivity index (χ1v) is 11.5. The van der Waals surface area contributed by atoms with E-state index in [1.165, 1.54) is 11.6 Å². The molecular formula is C22H21N3O3S2. The third kappa shape index (κ3) is 4.34. The first kappa shape index (κ1) is 20.4. The maximum Gasteiger partial charge on any atom is 0.278 e. The number of nitro benzene ring substituents is 1. The number of para-hydroxylation sites is 1. The van der Waals surface area contributed by atoms with Gasteiger partial charge in [-0.3, -0.25) is 14.9 Å². The quantitative estimate of drug-likeness (QED) is 0.298. The summed E-state index contributed by atoms with van der Waals surface area (Å²) in [7, 11) is 0. The second kappa shape index (κ2) is 8.89. The number of nitro groups is 1. The Labute approximate surface area is 182 Å². The van der Waals surface area contributed by atoms with Gasteiger partial charge in [-0.15, -0.1) is 22.7 Å². The van der Waals surface area contributed by atoms with E-state index in [-0.39, 0.29) is 22.4 Å². The van der Waals surface area contributed by atoms with Crippen LogP contribution in [0, 0.1) is 17.0 Å². The number of rotatable bonds is 5. The number of likely N-dealkylation sites (tertiary alicyclic amines) is 1. The lowest BCUT2D eigenvalue weighted by Gasteiger charge is -2.30. The lowest BCUT2D eigenvalue weighted by Crippen LogP contribution is -2.36. The summed E-state index contributed by atoms with van der Waals surface area (Å²) < 4.78 is 0. The Bertz CT molecular complexity index is 1090. The molecule has 4 rings (SSSR count). The zero-order valence-corrected chi connectivity index (χ0v) is 18.1. The number of piperidine rings is 1. The van der Waals surface area contributed by atoms with Crippen molar-refractivity contribution < 1.29 is 9.72 Å². The Morgan fingerprint density at radius 2 is 2.00 bits per heavy atom. The van der Waals surface area contributed by atoms with Gasteiger partial charge < -0.3 is 4.90 Å². The molecule has 6 nitrogen and oxygen atoms in total. The van der Waals surface area contributed by atoms with Crippen LogP contribution in [0.4, 0.5) is 5.69 Å². The van der Waals surface area contributed by atoms with Crippen LogP contribution in [0.1, 0.15) is 34.2 Å². The van der Waals surface area contributed by atoms with Crippen molar-refractivity contribution in [3.05, 3.63) is 72.7 Å². The molecule has 0 bridgehead atoms. The maximum absolute atomic E-state index is 12.5. The lowest BCUT2D eigenvalue weighted by molar-refractivity contribution is -0.384. The summed E-state index contributed by atoms with van der Waals surface area (Å²) in [6.45, 7) is 3.42. The number of hydrogen-bond donors (Lipinski definition) is 0. The number of aryl methyl sites for hydroxylation is 1. The van der Waals surface area contributed by atoms with E-state index in [1.54, 1.807) is 46.9 Å². The average molecular weight is 440 g/mol. The van der Waals surface area contributed by atoms with Crippen LogP contribution in [-0.2, 0) is 4.79 Å². The smallest absolute Gasteiger partial charge is 0.278 e. The summed E-state index contributed by atoms with van der Waals surface area (Å²) in [5, 5.41) is 16.2. The molecule has 0 unspecified atom stereocenters. The largest absolute Gasteiger partial charge is 0.339 e. The molecule has 3 heterocycles. The molecule has 1 fully saturated rings. The first-order valence-electron chi connectivity index (χ1n) is 9.73. The molecule has 0 aliphatic carbocycles. The Balaban J connectivity index is 1.39. The van der Waals surface area contributed by atoms with Crippen molar-refractivity contribution in [2.24, 2.45) is 0 Å². The highest BCUT2D eigenvalue weighted by Gasteiger charge is 2.26. The van der Waals surface area contributed by atoms with Gasteiger partial charge in [-0.2, -0.15) is 0 Å². The molecule has 154 valence electrons. The summed E-state index contributed by atoms with van der Waals surface area (Å²) in [6, 6.07) is 8.74. The van der Waals surface area contributed by atoms with E-state index < -0.39 is 0 Å². The van der Waals surface area contributed by atoms with Crippen molar-refractivity contribution in [2.45, 2.75) is 25.7 Å². The fourth-order valence-corrected chi connectivity index (χ4v) is 5.41. The Morgan fingerprint density at radius 1 is 1.23 bits per heavy atom. The summed E-state index contributed by atoms with van der Waals surface area (Å²) >= 11 is 3.17. The summed E-state index contributed by atoms with van der Waals surface area (Å²) in [4.78, 5) is 31.1. The number of benzene rings is 1. The van der Waals surface area contributed by atoms with E-state index in [4.69, 9.17) is 4.98 Å². The molecule has 0 N–H and O–H groups in total.